The van der Waals surface area contributed by atoms with Crippen LogP contribution in [-0.4, -0.2) is 7.05 Å². The lowest BCUT2D eigenvalue weighted by molar-refractivity contribution is 0.471. The van der Waals surface area contributed by atoms with E-state index in [1.165, 1.54) is 0 Å². The molecule has 0 saturated carbocycles. The smallest absolute Gasteiger partial charge is 0.141 e. The van der Waals surface area contributed by atoms with E-state index in [1.54, 1.807) is 0 Å². The van der Waals surface area contributed by atoms with Gasteiger partial charge in [0.1, 0.15) is 11.5 Å². The Kier molecular flexibility index (Phi) is 5.28. The molecule has 0 unspecified atom stereocenters. The first kappa shape index (κ1) is 14.9. The predicted octanol–water partition coefficient (Wildman–Crippen LogP) is 5.38. The SMILES string of the molecule is CNCc1ccc(Cl)cc1Oc1ccc(Br)cc1Br. The van der Waals surface area contributed by atoms with Gasteiger partial charge in [0, 0.05) is 21.6 Å². The summed E-state index contributed by atoms with van der Waals surface area (Å²) in [6, 6.07) is 11.4. The highest BCUT2D eigenvalue weighted by molar-refractivity contribution is 9.11. The summed E-state index contributed by atoms with van der Waals surface area (Å²) in [6.45, 7) is 0.723. The molecule has 2 aromatic carbocycles. The van der Waals surface area contributed by atoms with E-state index >= 15 is 0 Å². The van der Waals surface area contributed by atoms with E-state index in [-0.39, 0.29) is 0 Å². The van der Waals surface area contributed by atoms with Gasteiger partial charge in [-0.15, -0.1) is 0 Å². The van der Waals surface area contributed by atoms with Crippen molar-refractivity contribution in [2.75, 3.05) is 7.05 Å². The van der Waals surface area contributed by atoms with Crippen molar-refractivity contribution in [2.24, 2.45) is 0 Å². The van der Waals surface area contributed by atoms with Gasteiger partial charge < -0.3 is 10.1 Å². The molecule has 1 N–H and O–H groups in total. The molecule has 2 aromatic rings. The van der Waals surface area contributed by atoms with Gasteiger partial charge in [0.15, 0.2) is 0 Å². The van der Waals surface area contributed by atoms with Crippen LogP contribution in [0.3, 0.4) is 0 Å². The Bertz CT molecular complexity index is 590. The average Bonchev–Trinajstić information content (AvgIpc) is 2.36. The van der Waals surface area contributed by atoms with Crippen LogP contribution < -0.4 is 10.1 Å². The van der Waals surface area contributed by atoms with Gasteiger partial charge in [0.25, 0.3) is 0 Å². The molecule has 0 bridgehead atoms. The van der Waals surface area contributed by atoms with Crippen molar-refractivity contribution >= 4 is 43.5 Å². The Hall–Kier alpha value is -0.550. The molecule has 0 aliphatic carbocycles. The molecule has 0 spiro atoms. The van der Waals surface area contributed by atoms with Gasteiger partial charge in [-0.2, -0.15) is 0 Å². The lowest BCUT2D eigenvalue weighted by Gasteiger charge is -2.13. The Morgan fingerprint density at radius 3 is 2.58 bits per heavy atom. The molecule has 19 heavy (non-hydrogen) atoms. The fraction of sp³-hybridized carbons (Fsp3) is 0.143. The van der Waals surface area contributed by atoms with Gasteiger partial charge in [-0.05, 0) is 53.3 Å². The van der Waals surface area contributed by atoms with Crippen LogP contribution in [0.4, 0.5) is 0 Å². The van der Waals surface area contributed by atoms with Crippen LogP contribution in [0.2, 0.25) is 5.02 Å². The summed E-state index contributed by atoms with van der Waals surface area (Å²) >= 11 is 12.9. The molecule has 0 amide bonds. The second kappa shape index (κ2) is 6.75. The molecular formula is C14H12Br2ClNO. The first-order valence-electron chi connectivity index (χ1n) is 5.66. The Morgan fingerprint density at radius 1 is 1.11 bits per heavy atom. The van der Waals surface area contributed by atoms with E-state index in [0.717, 1.165) is 32.6 Å². The molecule has 0 aliphatic heterocycles. The van der Waals surface area contributed by atoms with E-state index in [4.69, 9.17) is 16.3 Å². The summed E-state index contributed by atoms with van der Waals surface area (Å²) in [5.74, 6) is 1.51. The quantitative estimate of drug-likeness (QED) is 0.738. The van der Waals surface area contributed by atoms with Gasteiger partial charge in [0.05, 0.1) is 4.47 Å². The molecule has 0 aliphatic rings. The second-order valence-electron chi connectivity index (χ2n) is 3.96. The van der Waals surface area contributed by atoms with Gasteiger partial charge in [-0.1, -0.05) is 33.6 Å². The monoisotopic (exact) mass is 403 g/mol. The van der Waals surface area contributed by atoms with Crippen LogP contribution in [-0.2, 0) is 6.54 Å². The van der Waals surface area contributed by atoms with Gasteiger partial charge in [-0.3, -0.25) is 0 Å². The number of hydrogen-bond donors (Lipinski definition) is 1. The van der Waals surface area contributed by atoms with Crippen molar-refractivity contribution in [3.63, 3.8) is 0 Å². The minimum atomic E-state index is 0.656. The average molecular weight is 406 g/mol. The van der Waals surface area contributed by atoms with Crippen LogP contribution >= 0.6 is 43.5 Å². The molecule has 0 radical (unpaired) electrons. The number of hydrogen-bond acceptors (Lipinski definition) is 2. The number of benzene rings is 2. The summed E-state index contributed by atoms with van der Waals surface area (Å²) in [7, 11) is 1.90. The zero-order valence-corrected chi connectivity index (χ0v) is 14.1. The van der Waals surface area contributed by atoms with Gasteiger partial charge in [0.2, 0.25) is 0 Å². The molecule has 5 heteroatoms. The number of rotatable bonds is 4. The predicted molar refractivity (Wildman–Crippen MR) is 86.1 cm³/mol. The molecule has 0 heterocycles. The van der Waals surface area contributed by atoms with Crippen molar-refractivity contribution in [3.8, 4) is 11.5 Å². The van der Waals surface area contributed by atoms with E-state index in [2.05, 4.69) is 37.2 Å². The highest BCUT2D eigenvalue weighted by Crippen LogP contribution is 2.34. The fourth-order valence-corrected chi connectivity index (χ4v) is 2.93. The lowest BCUT2D eigenvalue weighted by Crippen LogP contribution is -2.06. The first-order valence-corrected chi connectivity index (χ1v) is 7.62. The van der Waals surface area contributed by atoms with Crippen molar-refractivity contribution in [1.82, 2.24) is 5.32 Å². The zero-order valence-electron chi connectivity index (χ0n) is 10.2. The van der Waals surface area contributed by atoms with Crippen LogP contribution in [0.25, 0.3) is 0 Å². The third kappa shape index (κ3) is 3.96. The van der Waals surface area contributed by atoms with Crippen LogP contribution in [0, 0.1) is 0 Å². The number of nitrogens with one attached hydrogen (secondary N) is 1. The number of ether oxygens (including phenoxy) is 1. The fourth-order valence-electron chi connectivity index (χ4n) is 1.64. The second-order valence-corrected chi connectivity index (χ2v) is 6.17. The highest BCUT2D eigenvalue weighted by Gasteiger charge is 2.08. The van der Waals surface area contributed by atoms with E-state index < -0.39 is 0 Å². The topological polar surface area (TPSA) is 21.3 Å². The Labute approximate surface area is 134 Å². The maximum Gasteiger partial charge on any atom is 0.141 e. The summed E-state index contributed by atoms with van der Waals surface area (Å²) in [5.41, 5.74) is 1.06. The van der Waals surface area contributed by atoms with Crippen molar-refractivity contribution in [1.29, 1.82) is 0 Å². The van der Waals surface area contributed by atoms with E-state index in [1.807, 2.05) is 43.4 Å². The van der Waals surface area contributed by atoms with Crippen molar-refractivity contribution in [3.05, 3.63) is 55.9 Å². The minimum absolute atomic E-state index is 0.656. The normalized spacial score (nSPS) is 10.5. The maximum absolute atomic E-state index is 6.03. The highest BCUT2D eigenvalue weighted by atomic mass is 79.9. The molecule has 0 saturated heterocycles. The van der Waals surface area contributed by atoms with Gasteiger partial charge in [-0.25, -0.2) is 0 Å². The Balaban J connectivity index is 2.33. The molecule has 2 rings (SSSR count). The van der Waals surface area contributed by atoms with Crippen LogP contribution in [0.15, 0.2) is 45.3 Å². The standard InChI is InChI=1S/C14H12Br2ClNO/c1-18-8-9-2-4-11(17)7-14(9)19-13-5-3-10(15)6-12(13)16/h2-7,18H,8H2,1H3. The molecule has 100 valence electrons. The molecule has 0 fully saturated rings. The van der Waals surface area contributed by atoms with Crippen LogP contribution in [0.5, 0.6) is 11.5 Å². The summed E-state index contributed by atoms with van der Waals surface area (Å²) in [6.07, 6.45) is 0. The zero-order chi connectivity index (χ0) is 13.8. The first-order chi connectivity index (χ1) is 9.10. The summed E-state index contributed by atoms with van der Waals surface area (Å²) < 4.78 is 7.82. The summed E-state index contributed by atoms with van der Waals surface area (Å²) in [5, 5.41) is 3.77. The van der Waals surface area contributed by atoms with E-state index in [0.29, 0.717) is 5.02 Å². The molecule has 0 aromatic heterocycles. The van der Waals surface area contributed by atoms with Crippen LogP contribution in [0.1, 0.15) is 5.56 Å². The molecule has 2 nitrogen and oxygen atoms in total. The maximum atomic E-state index is 6.03. The van der Waals surface area contributed by atoms with Gasteiger partial charge >= 0.3 is 0 Å². The number of halogens is 3. The Morgan fingerprint density at radius 2 is 1.89 bits per heavy atom. The minimum Gasteiger partial charge on any atom is -0.456 e. The lowest BCUT2D eigenvalue weighted by atomic mass is 10.2. The van der Waals surface area contributed by atoms with E-state index in [9.17, 15) is 0 Å². The third-order valence-corrected chi connectivity index (χ3v) is 3.86. The molecular weight excluding hydrogens is 393 g/mol. The largest absolute Gasteiger partial charge is 0.456 e. The van der Waals surface area contributed by atoms with Crippen molar-refractivity contribution in [2.45, 2.75) is 6.54 Å². The summed E-state index contributed by atoms with van der Waals surface area (Å²) in [4.78, 5) is 0. The molecule has 0 atom stereocenters. The third-order valence-electron chi connectivity index (χ3n) is 2.51. The van der Waals surface area contributed by atoms with Crippen molar-refractivity contribution < 1.29 is 4.74 Å².